The minimum absolute atomic E-state index is 0.183. The highest BCUT2D eigenvalue weighted by atomic mass is 35.5. The minimum atomic E-state index is -0.437. The van der Waals surface area contributed by atoms with Crippen LogP contribution in [0, 0.1) is 0 Å². The number of rotatable bonds is 9. The van der Waals surface area contributed by atoms with Crippen molar-refractivity contribution in [2.24, 2.45) is 5.10 Å². The van der Waals surface area contributed by atoms with Crippen LogP contribution in [0.15, 0.2) is 41.5 Å². The zero-order chi connectivity index (χ0) is 19.6. The van der Waals surface area contributed by atoms with Crippen molar-refractivity contribution in [2.75, 3.05) is 20.3 Å². The van der Waals surface area contributed by atoms with E-state index in [-0.39, 0.29) is 6.61 Å². The molecule has 0 spiro atoms. The van der Waals surface area contributed by atoms with E-state index in [2.05, 4.69) is 10.5 Å². The summed E-state index contributed by atoms with van der Waals surface area (Å²) >= 11 is 12.2. The first kappa shape index (κ1) is 20.9. The Bertz CT molecular complexity index is 792. The summed E-state index contributed by atoms with van der Waals surface area (Å²) in [4.78, 5) is 11.4. The number of nitrogens with one attached hydrogen (secondary N) is 1. The lowest BCUT2D eigenvalue weighted by atomic mass is 10.2. The molecular formula is C19H20Cl2N2O4. The number of nitrogens with zero attached hydrogens (tertiary/aromatic N) is 1. The summed E-state index contributed by atoms with van der Waals surface area (Å²) in [6.45, 7) is 2.26. The smallest absolute Gasteiger partial charge is 0.344 e. The van der Waals surface area contributed by atoms with Gasteiger partial charge in [-0.1, -0.05) is 29.3 Å². The first-order chi connectivity index (χ1) is 13.0. The molecule has 6 nitrogen and oxygen atoms in total. The van der Waals surface area contributed by atoms with Gasteiger partial charge >= 0.3 is 5.97 Å². The average molecular weight is 411 g/mol. The fourth-order valence-corrected chi connectivity index (χ4v) is 2.70. The van der Waals surface area contributed by atoms with E-state index in [0.29, 0.717) is 34.7 Å². The first-order valence-electron chi connectivity index (χ1n) is 8.20. The Balaban J connectivity index is 1.96. The van der Waals surface area contributed by atoms with Crippen molar-refractivity contribution in [1.29, 1.82) is 0 Å². The van der Waals surface area contributed by atoms with Crippen molar-refractivity contribution in [3.05, 3.63) is 57.6 Å². The zero-order valence-electron chi connectivity index (χ0n) is 15.0. The number of hydrogen-bond acceptors (Lipinski definition) is 6. The Morgan fingerprint density at radius 3 is 2.59 bits per heavy atom. The summed E-state index contributed by atoms with van der Waals surface area (Å²) in [6.07, 6.45) is 1.63. The molecule has 27 heavy (non-hydrogen) atoms. The molecule has 0 heterocycles. The van der Waals surface area contributed by atoms with Gasteiger partial charge in [-0.3, -0.25) is 0 Å². The van der Waals surface area contributed by atoms with Gasteiger partial charge in [0.25, 0.3) is 0 Å². The van der Waals surface area contributed by atoms with Crippen LogP contribution in [-0.2, 0) is 16.1 Å². The quantitative estimate of drug-likeness (QED) is 0.383. The summed E-state index contributed by atoms with van der Waals surface area (Å²) in [6, 6.07) is 10.6. The molecule has 0 saturated heterocycles. The predicted molar refractivity (Wildman–Crippen MR) is 106 cm³/mol. The van der Waals surface area contributed by atoms with Crippen LogP contribution in [0.5, 0.6) is 11.5 Å². The standard InChI is InChI=1S/C19H20Cl2N2O4/c1-3-26-19(24)12-27-17-8-7-13(9-18(17)25-2)10-22-23-11-14-15(20)5-4-6-16(14)21/h4-10,23H,3,11-12H2,1-2H3/b22-10-. The lowest BCUT2D eigenvalue weighted by Gasteiger charge is -2.10. The van der Waals surface area contributed by atoms with Gasteiger partial charge in [-0.05, 0) is 42.8 Å². The number of benzene rings is 2. The van der Waals surface area contributed by atoms with Crippen molar-refractivity contribution >= 4 is 35.4 Å². The van der Waals surface area contributed by atoms with E-state index in [0.717, 1.165) is 11.1 Å². The molecule has 2 aromatic carbocycles. The monoisotopic (exact) mass is 410 g/mol. The van der Waals surface area contributed by atoms with Crippen molar-refractivity contribution in [3.8, 4) is 11.5 Å². The van der Waals surface area contributed by atoms with Crippen LogP contribution >= 0.6 is 23.2 Å². The highest BCUT2D eigenvalue weighted by Crippen LogP contribution is 2.27. The molecule has 0 aliphatic heterocycles. The molecule has 144 valence electrons. The molecule has 0 saturated carbocycles. The van der Waals surface area contributed by atoms with Crippen molar-refractivity contribution in [2.45, 2.75) is 13.5 Å². The van der Waals surface area contributed by atoms with E-state index in [4.69, 9.17) is 37.4 Å². The van der Waals surface area contributed by atoms with E-state index < -0.39 is 5.97 Å². The molecule has 0 fully saturated rings. The van der Waals surface area contributed by atoms with Crippen molar-refractivity contribution in [1.82, 2.24) is 5.43 Å². The fraction of sp³-hybridized carbons (Fsp3) is 0.263. The van der Waals surface area contributed by atoms with Gasteiger partial charge in [0, 0.05) is 15.6 Å². The van der Waals surface area contributed by atoms with E-state index in [1.54, 1.807) is 49.5 Å². The van der Waals surface area contributed by atoms with Crippen molar-refractivity contribution < 1.29 is 19.0 Å². The molecule has 0 aliphatic carbocycles. The molecule has 0 aromatic heterocycles. The van der Waals surface area contributed by atoms with Crippen LogP contribution in [0.1, 0.15) is 18.1 Å². The molecule has 2 rings (SSSR count). The fourth-order valence-electron chi connectivity index (χ4n) is 2.17. The van der Waals surface area contributed by atoms with Gasteiger partial charge in [0.2, 0.25) is 0 Å². The Kier molecular flexibility index (Phi) is 8.23. The number of carbonyl (C=O) groups excluding carboxylic acids is 1. The highest BCUT2D eigenvalue weighted by molar-refractivity contribution is 6.35. The second kappa shape index (κ2) is 10.6. The maximum Gasteiger partial charge on any atom is 0.344 e. The Labute approximate surface area is 168 Å². The molecular weight excluding hydrogens is 391 g/mol. The summed E-state index contributed by atoms with van der Waals surface area (Å²) in [5.74, 6) is 0.489. The maximum absolute atomic E-state index is 11.4. The lowest BCUT2D eigenvalue weighted by molar-refractivity contribution is -0.145. The summed E-state index contributed by atoms with van der Waals surface area (Å²) in [5.41, 5.74) is 4.47. The average Bonchev–Trinajstić information content (AvgIpc) is 2.66. The number of methoxy groups -OCH3 is 1. The Hall–Kier alpha value is -2.44. The van der Waals surface area contributed by atoms with Crippen LogP contribution in [0.25, 0.3) is 0 Å². The number of esters is 1. The number of hydrazone groups is 1. The van der Waals surface area contributed by atoms with Crippen LogP contribution in [0.3, 0.4) is 0 Å². The van der Waals surface area contributed by atoms with E-state index in [1.807, 2.05) is 0 Å². The van der Waals surface area contributed by atoms with Gasteiger partial charge in [0.05, 0.1) is 26.5 Å². The topological polar surface area (TPSA) is 69.2 Å². The highest BCUT2D eigenvalue weighted by Gasteiger charge is 2.09. The van der Waals surface area contributed by atoms with Gasteiger partial charge in [-0.25, -0.2) is 4.79 Å². The third kappa shape index (κ3) is 6.34. The maximum atomic E-state index is 11.4. The first-order valence-corrected chi connectivity index (χ1v) is 8.96. The summed E-state index contributed by atoms with van der Waals surface area (Å²) < 4.78 is 15.5. The molecule has 0 unspecified atom stereocenters. The SMILES string of the molecule is CCOC(=O)COc1ccc(/C=N\NCc2c(Cl)cccc2Cl)cc1OC. The van der Waals surface area contributed by atoms with Gasteiger partial charge in [-0.2, -0.15) is 5.10 Å². The molecule has 0 amide bonds. The second-order valence-corrected chi connectivity index (χ2v) is 6.11. The minimum Gasteiger partial charge on any atom is -0.493 e. The summed E-state index contributed by atoms with van der Waals surface area (Å²) in [5, 5.41) is 5.32. The lowest BCUT2D eigenvalue weighted by Crippen LogP contribution is -2.14. The van der Waals surface area contributed by atoms with E-state index in [9.17, 15) is 4.79 Å². The number of carbonyl (C=O) groups is 1. The third-order valence-corrected chi connectivity index (χ3v) is 4.17. The molecule has 8 heteroatoms. The largest absolute Gasteiger partial charge is 0.493 e. The molecule has 0 atom stereocenters. The van der Waals surface area contributed by atoms with Crippen LogP contribution in [-0.4, -0.2) is 32.5 Å². The number of ether oxygens (including phenoxy) is 3. The van der Waals surface area contributed by atoms with Crippen LogP contribution in [0.2, 0.25) is 10.0 Å². The zero-order valence-corrected chi connectivity index (χ0v) is 16.5. The molecule has 0 bridgehead atoms. The normalized spacial score (nSPS) is 10.7. The van der Waals surface area contributed by atoms with Gasteiger partial charge in [0.15, 0.2) is 18.1 Å². The molecule has 0 radical (unpaired) electrons. The van der Waals surface area contributed by atoms with Gasteiger partial charge in [-0.15, -0.1) is 0 Å². The van der Waals surface area contributed by atoms with E-state index in [1.165, 1.54) is 7.11 Å². The van der Waals surface area contributed by atoms with E-state index >= 15 is 0 Å². The van der Waals surface area contributed by atoms with Crippen LogP contribution in [0.4, 0.5) is 0 Å². The molecule has 2 aromatic rings. The Morgan fingerprint density at radius 2 is 1.93 bits per heavy atom. The van der Waals surface area contributed by atoms with Crippen LogP contribution < -0.4 is 14.9 Å². The molecule has 1 N–H and O–H groups in total. The Morgan fingerprint density at radius 1 is 1.19 bits per heavy atom. The number of hydrogen-bond donors (Lipinski definition) is 1. The third-order valence-electron chi connectivity index (χ3n) is 3.46. The van der Waals surface area contributed by atoms with Gasteiger partial charge in [0.1, 0.15) is 0 Å². The van der Waals surface area contributed by atoms with Crippen molar-refractivity contribution in [3.63, 3.8) is 0 Å². The second-order valence-electron chi connectivity index (χ2n) is 5.30. The summed E-state index contributed by atoms with van der Waals surface area (Å²) in [7, 11) is 1.52. The number of halogens is 2. The molecule has 0 aliphatic rings. The van der Waals surface area contributed by atoms with Gasteiger partial charge < -0.3 is 19.6 Å². The predicted octanol–water partition coefficient (Wildman–Crippen LogP) is 4.07.